The summed E-state index contributed by atoms with van der Waals surface area (Å²) in [7, 11) is 0. The molecule has 1 N–H and O–H groups in total. The summed E-state index contributed by atoms with van der Waals surface area (Å²) < 4.78 is 45.8. The lowest BCUT2D eigenvalue weighted by molar-refractivity contribution is 0.471. The third kappa shape index (κ3) is 7.72. The van der Waals surface area contributed by atoms with Crippen LogP contribution in [0.4, 0.5) is 0 Å². The van der Waals surface area contributed by atoms with Gasteiger partial charge in [-0.15, -0.1) is 0 Å². The quantitative estimate of drug-likeness (QED) is 0.175. The predicted molar refractivity (Wildman–Crippen MR) is 249 cm³/mol. The van der Waals surface area contributed by atoms with Crippen molar-refractivity contribution in [1.29, 1.82) is 0 Å². The number of phenolic OH excluding ortho intramolecular Hbond substituents is 1. The number of benzene rings is 6. The molecule has 4 nitrogen and oxygen atoms in total. The van der Waals surface area contributed by atoms with Crippen LogP contribution in [0.1, 0.15) is 96.0 Å². The Morgan fingerprint density at radius 3 is 2.02 bits per heavy atom. The molecular weight excluding hydrogens is 719 g/mol. The van der Waals surface area contributed by atoms with Gasteiger partial charge < -0.3 is 5.11 Å². The third-order valence-electron chi connectivity index (χ3n) is 11.2. The fraction of sp³-hybridized carbons (Fsp3) is 0.236. The number of para-hydroxylation sites is 1. The Labute approximate surface area is 357 Å². The normalized spacial score (nSPS) is 13.5. The number of imidazole rings is 1. The number of pyridine rings is 1. The van der Waals surface area contributed by atoms with Crippen molar-refractivity contribution in [2.75, 3.05) is 0 Å². The molecule has 0 unspecified atom stereocenters. The molecule has 0 amide bonds. The van der Waals surface area contributed by atoms with Gasteiger partial charge in [-0.2, -0.15) is 0 Å². The molecule has 2 heterocycles. The standard InChI is InChI=1S/C55H55N3O/c1-34(2)39-23-24-49(46(31-39)38-15-12-11-13-16-38)58-50-18-14-17-45(51(50)57-53(58)47-33-43(54(5,6)7)27-36(4)52(47)59)41-28-42(30-44(29-41)55(8,9)10)48-32-40(25-26-56-48)37-21-19-35(3)20-22-37/h11-34,59H,1-10H3/i19D,20D,21D,22D,34D. The lowest BCUT2D eigenvalue weighted by Gasteiger charge is -2.22. The van der Waals surface area contributed by atoms with Crippen molar-refractivity contribution >= 4 is 11.0 Å². The lowest BCUT2D eigenvalue weighted by atomic mass is 9.83. The smallest absolute Gasteiger partial charge is 0.149 e. The summed E-state index contributed by atoms with van der Waals surface area (Å²) in [6.07, 6.45) is 1.66. The summed E-state index contributed by atoms with van der Waals surface area (Å²) in [4.78, 5) is 10.3. The molecular formula is C55H55N3O. The van der Waals surface area contributed by atoms with Crippen molar-refractivity contribution in [3.05, 3.63) is 167 Å². The lowest BCUT2D eigenvalue weighted by Crippen LogP contribution is -2.12. The maximum Gasteiger partial charge on any atom is 0.149 e. The Morgan fingerprint density at radius 2 is 1.32 bits per heavy atom. The molecule has 8 rings (SSSR count). The summed E-state index contributed by atoms with van der Waals surface area (Å²) >= 11 is 0. The van der Waals surface area contributed by atoms with Crippen LogP contribution in [-0.2, 0) is 10.8 Å². The van der Waals surface area contributed by atoms with E-state index >= 15 is 0 Å². The van der Waals surface area contributed by atoms with Gasteiger partial charge in [-0.05, 0) is 124 Å². The molecule has 4 heteroatoms. The summed E-state index contributed by atoms with van der Waals surface area (Å²) in [5.41, 5.74) is 12.6. The molecule has 0 fully saturated rings. The first kappa shape index (κ1) is 33.7. The minimum atomic E-state index is -0.849. The topological polar surface area (TPSA) is 50.9 Å². The number of hydrogen-bond acceptors (Lipinski definition) is 3. The fourth-order valence-corrected chi connectivity index (χ4v) is 7.66. The molecule has 2 aromatic heterocycles. The molecule has 0 aliphatic heterocycles. The maximum atomic E-state index is 12.0. The van der Waals surface area contributed by atoms with Crippen LogP contribution in [0.25, 0.3) is 72.7 Å². The Balaban J connectivity index is 1.43. The van der Waals surface area contributed by atoms with E-state index in [1.54, 1.807) is 19.2 Å². The zero-order valence-corrected chi connectivity index (χ0v) is 35.8. The van der Waals surface area contributed by atoms with Crippen molar-refractivity contribution in [1.82, 2.24) is 14.5 Å². The molecule has 0 spiro atoms. The van der Waals surface area contributed by atoms with Crippen molar-refractivity contribution in [3.8, 4) is 67.5 Å². The minimum Gasteiger partial charge on any atom is -0.507 e. The number of fused-ring (bicyclic) bond motifs is 1. The number of aryl methyl sites for hydroxylation is 1. The van der Waals surface area contributed by atoms with Crippen molar-refractivity contribution in [2.45, 2.75) is 86.0 Å². The summed E-state index contributed by atoms with van der Waals surface area (Å²) in [6, 6.07) is 36.4. The first-order chi connectivity index (χ1) is 30.0. The zero-order chi connectivity index (χ0) is 46.2. The van der Waals surface area contributed by atoms with E-state index in [9.17, 15) is 5.11 Å². The van der Waals surface area contributed by atoms with Gasteiger partial charge in [0.1, 0.15) is 11.6 Å². The van der Waals surface area contributed by atoms with E-state index in [1.807, 2.05) is 63.2 Å². The van der Waals surface area contributed by atoms with E-state index < -0.39 is 5.89 Å². The van der Waals surface area contributed by atoms with Crippen LogP contribution in [0.3, 0.4) is 0 Å². The van der Waals surface area contributed by atoms with Crippen LogP contribution < -0.4 is 0 Å². The SMILES string of the molecule is [2H]c1c([2H])c(-c2ccnc(-c3cc(-c4cccc5c4nc(-c4cc(C(C)(C)C)cc(C)c4O)n5-c4ccc(C([2H])(C)C)cc4-c4ccccc4)cc(C(C)(C)C)c3)c2)c([2H])c([2H])c1C. The molecule has 0 atom stereocenters. The van der Waals surface area contributed by atoms with E-state index in [1.165, 1.54) is 0 Å². The highest BCUT2D eigenvalue weighted by atomic mass is 16.3. The summed E-state index contributed by atoms with van der Waals surface area (Å²) in [6.45, 7) is 20.4. The number of aromatic hydroxyl groups is 1. The van der Waals surface area contributed by atoms with Gasteiger partial charge in [0.05, 0.1) is 33.5 Å². The van der Waals surface area contributed by atoms with E-state index in [4.69, 9.17) is 16.8 Å². The third-order valence-corrected chi connectivity index (χ3v) is 11.2. The van der Waals surface area contributed by atoms with Gasteiger partial charge in [-0.3, -0.25) is 9.55 Å². The second kappa shape index (κ2) is 15.2. The highest BCUT2D eigenvalue weighted by Crippen LogP contribution is 2.44. The molecule has 59 heavy (non-hydrogen) atoms. The molecule has 0 saturated carbocycles. The first-order valence-electron chi connectivity index (χ1n) is 22.8. The van der Waals surface area contributed by atoms with Crippen molar-refractivity contribution in [3.63, 3.8) is 0 Å². The van der Waals surface area contributed by atoms with Gasteiger partial charge >= 0.3 is 0 Å². The van der Waals surface area contributed by atoms with E-state index in [-0.39, 0.29) is 46.3 Å². The van der Waals surface area contributed by atoms with E-state index in [0.717, 1.165) is 66.8 Å². The van der Waals surface area contributed by atoms with Crippen LogP contribution in [0.2, 0.25) is 0 Å². The second-order valence-electron chi connectivity index (χ2n) is 18.0. The number of aromatic nitrogens is 3. The van der Waals surface area contributed by atoms with Crippen LogP contribution in [0.5, 0.6) is 5.75 Å². The molecule has 0 aliphatic rings. The predicted octanol–water partition coefficient (Wildman–Crippen LogP) is 14.8. The number of rotatable bonds is 7. The molecule has 0 saturated heterocycles. The van der Waals surface area contributed by atoms with Crippen molar-refractivity contribution < 1.29 is 12.0 Å². The fourth-order valence-electron chi connectivity index (χ4n) is 7.66. The monoisotopic (exact) mass is 778 g/mol. The van der Waals surface area contributed by atoms with E-state index in [0.29, 0.717) is 28.2 Å². The molecule has 8 aromatic rings. The molecule has 0 aliphatic carbocycles. The van der Waals surface area contributed by atoms with Crippen LogP contribution in [-0.4, -0.2) is 19.6 Å². The van der Waals surface area contributed by atoms with Gasteiger partial charge in [0.25, 0.3) is 0 Å². The number of hydrogen-bond donors (Lipinski definition) is 1. The van der Waals surface area contributed by atoms with Crippen LogP contribution in [0.15, 0.2) is 140 Å². The maximum absolute atomic E-state index is 12.0. The van der Waals surface area contributed by atoms with Gasteiger partial charge in [0, 0.05) is 24.3 Å². The second-order valence-corrected chi connectivity index (χ2v) is 18.0. The zero-order valence-electron chi connectivity index (χ0n) is 40.8. The molecule has 0 bridgehead atoms. The van der Waals surface area contributed by atoms with Gasteiger partial charge in [0.2, 0.25) is 0 Å². The van der Waals surface area contributed by atoms with Gasteiger partial charge in [0.15, 0.2) is 0 Å². The van der Waals surface area contributed by atoms with Crippen LogP contribution >= 0.6 is 0 Å². The average molecular weight is 779 g/mol. The highest BCUT2D eigenvalue weighted by Gasteiger charge is 2.26. The summed E-state index contributed by atoms with van der Waals surface area (Å²) in [5, 5.41) is 12.0. The minimum absolute atomic E-state index is 0.0565. The summed E-state index contributed by atoms with van der Waals surface area (Å²) in [5.74, 6) is -0.101. The Bertz CT molecular complexity index is 3100. The van der Waals surface area contributed by atoms with Gasteiger partial charge in [-0.25, -0.2) is 4.98 Å². The Kier molecular flexibility index (Phi) is 8.66. The number of phenols is 1. The Morgan fingerprint density at radius 1 is 0.627 bits per heavy atom. The van der Waals surface area contributed by atoms with Crippen LogP contribution in [0, 0.1) is 13.8 Å². The van der Waals surface area contributed by atoms with Crippen molar-refractivity contribution in [2.24, 2.45) is 0 Å². The molecule has 6 aromatic carbocycles. The molecule has 296 valence electrons. The van der Waals surface area contributed by atoms with E-state index in [2.05, 4.69) is 107 Å². The largest absolute Gasteiger partial charge is 0.507 e. The Hall–Kier alpha value is -6.26. The number of nitrogens with zero attached hydrogens (tertiary/aromatic N) is 3. The molecule has 0 radical (unpaired) electrons. The first-order valence-corrected chi connectivity index (χ1v) is 20.3. The van der Waals surface area contributed by atoms with Gasteiger partial charge in [-0.1, -0.05) is 146 Å². The average Bonchev–Trinajstić information content (AvgIpc) is 3.64. The highest BCUT2D eigenvalue weighted by molar-refractivity contribution is 5.98.